The first-order valence-electron chi connectivity index (χ1n) is 5.42. The van der Waals surface area contributed by atoms with E-state index in [2.05, 4.69) is 15.5 Å². The summed E-state index contributed by atoms with van der Waals surface area (Å²) >= 11 is 0. The Bertz CT molecular complexity index is 439. The molecule has 0 aliphatic heterocycles. The minimum atomic E-state index is -0.904. The van der Waals surface area contributed by atoms with Crippen LogP contribution in [0.25, 0.3) is 0 Å². The van der Waals surface area contributed by atoms with Crippen molar-refractivity contribution in [3.05, 3.63) is 18.0 Å². The van der Waals surface area contributed by atoms with Gasteiger partial charge in [-0.1, -0.05) is 13.8 Å². The Labute approximate surface area is 98.4 Å². The number of carbonyl (C=O) groups is 2. The fourth-order valence-electron chi connectivity index (χ4n) is 2.26. The van der Waals surface area contributed by atoms with Gasteiger partial charge in [-0.25, -0.2) is 0 Å². The van der Waals surface area contributed by atoms with Gasteiger partial charge in [-0.15, -0.1) is 0 Å². The highest BCUT2D eigenvalue weighted by Crippen LogP contribution is 2.58. The Morgan fingerprint density at radius 1 is 1.53 bits per heavy atom. The van der Waals surface area contributed by atoms with Gasteiger partial charge in [0.05, 0.1) is 18.0 Å². The number of hydrogen-bond donors (Lipinski definition) is 3. The molecule has 2 unspecified atom stereocenters. The van der Waals surface area contributed by atoms with Crippen LogP contribution < -0.4 is 5.32 Å². The quantitative estimate of drug-likeness (QED) is 0.705. The first-order valence-corrected chi connectivity index (χ1v) is 5.42. The molecule has 0 spiro atoms. The molecule has 6 heteroatoms. The van der Waals surface area contributed by atoms with Gasteiger partial charge >= 0.3 is 5.97 Å². The van der Waals surface area contributed by atoms with Gasteiger partial charge in [0, 0.05) is 18.3 Å². The second-order valence-corrected chi connectivity index (χ2v) is 4.94. The summed E-state index contributed by atoms with van der Waals surface area (Å²) in [4.78, 5) is 22.8. The van der Waals surface area contributed by atoms with Gasteiger partial charge in [0.1, 0.15) is 0 Å². The highest BCUT2D eigenvalue weighted by Gasteiger charge is 2.65. The van der Waals surface area contributed by atoms with Crippen LogP contribution in [0.4, 0.5) is 0 Å². The summed E-state index contributed by atoms with van der Waals surface area (Å²) < 4.78 is 0. The maximum absolute atomic E-state index is 11.8. The van der Waals surface area contributed by atoms with E-state index in [0.29, 0.717) is 6.54 Å². The predicted molar refractivity (Wildman–Crippen MR) is 58.8 cm³/mol. The van der Waals surface area contributed by atoms with Crippen molar-refractivity contribution < 1.29 is 14.7 Å². The lowest BCUT2D eigenvalue weighted by Gasteiger charge is -2.04. The van der Waals surface area contributed by atoms with Crippen LogP contribution in [0.15, 0.2) is 12.4 Å². The van der Waals surface area contributed by atoms with E-state index in [1.165, 1.54) is 0 Å². The number of carbonyl (C=O) groups excluding carboxylic acids is 1. The third kappa shape index (κ3) is 2.02. The SMILES string of the molecule is CC1(C)C(C(=O)O)C1C(=O)NCc1cn[nH]c1. The topological polar surface area (TPSA) is 95.1 Å². The molecular formula is C11H15N3O3. The van der Waals surface area contributed by atoms with Crippen molar-refractivity contribution in [1.29, 1.82) is 0 Å². The van der Waals surface area contributed by atoms with E-state index in [1.807, 2.05) is 0 Å². The Morgan fingerprint density at radius 2 is 2.24 bits per heavy atom. The summed E-state index contributed by atoms with van der Waals surface area (Å²) in [5, 5.41) is 18.1. The molecule has 1 aliphatic carbocycles. The average Bonchev–Trinajstić information content (AvgIpc) is 2.65. The van der Waals surface area contributed by atoms with Crippen molar-refractivity contribution in [2.24, 2.45) is 17.3 Å². The Kier molecular flexibility index (Phi) is 2.65. The maximum atomic E-state index is 11.8. The molecule has 0 aromatic carbocycles. The van der Waals surface area contributed by atoms with Gasteiger partial charge in [0.25, 0.3) is 0 Å². The molecule has 1 aromatic heterocycles. The zero-order valence-electron chi connectivity index (χ0n) is 9.73. The number of rotatable bonds is 4. The minimum absolute atomic E-state index is 0.205. The van der Waals surface area contributed by atoms with Crippen LogP contribution in [0.2, 0.25) is 0 Å². The fourth-order valence-corrected chi connectivity index (χ4v) is 2.26. The number of carboxylic acids is 1. The Hall–Kier alpha value is -1.85. The number of aromatic amines is 1. The smallest absolute Gasteiger partial charge is 0.307 e. The normalized spacial score (nSPS) is 25.3. The number of hydrogen-bond acceptors (Lipinski definition) is 3. The number of aliphatic carboxylic acids is 1. The van der Waals surface area contributed by atoms with Crippen molar-refractivity contribution in [3.8, 4) is 0 Å². The summed E-state index contributed by atoms with van der Waals surface area (Å²) in [6, 6.07) is 0. The van der Waals surface area contributed by atoms with E-state index in [-0.39, 0.29) is 5.91 Å². The summed E-state index contributed by atoms with van der Waals surface area (Å²) in [6.45, 7) is 3.97. The molecule has 1 fully saturated rings. The molecular weight excluding hydrogens is 222 g/mol. The largest absolute Gasteiger partial charge is 0.481 e. The van der Waals surface area contributed by atoms with E-state index >= 15 is 0 Å². The van der Waals surface area contributed by atoms with Gasteiger partial charge in [0.15, 0.2) is 0 Å². The van der Waals surface area contributed by atoms with E-state index < -0.39 is 23.2 Å². The third-order valence-electron chi connectivity index (χ3n) is 3.40. The molecule has 17 heavy (non-hydrogen) atoms. The van der Waals surface area contributed by atoms with Gasteiger partial charge in [-0.05, 0) is 5.41 Å². The summed E-state index contributed by atoms with van der Waals surface area (Å²) in [5.74, 6) is -2.12. The maximum Gasteiger partial charge on any atom is 0.307 e. The number of nitrogens with one attached hydrogen (secondary N) is 2. The van der Waals surface area contributed by atoms with Gasteiger partial charge in [0.2, 0.25) is 5.91 Å². The second kappa shape index (κ2) is 3.87. The average molecular weight is 237 g/mol. The zero-order chi connectivity index (χ0) is 12.6. The molecule has 2 rings (SSSR count). The summed E-state index contributed by atoms with van der Waals surface area (Å²) in [5.41, 5.74) is 0.412. The van der Waals surface area contributed by atoms with Gasteiger partial charge < -0.3 is 10.4 Å². The third-order valence-corrected chi connectivity index (χ3v) is 3.40. The molecule has 1 aliphatic rings. The van der Waals surface area contributed by atoms with Crippen LogP contribution in [-0.4, -0.2) is 27.2 Å². The summed E-state index contributed by atoms with van der Waals surface area (Å²) in [7, 11) is 0. The number of amides is 1. The molecule has 92 valence electrons. The van der Waals surface area contributed by atoms with Gasteiger partial charge in [-0.2, -0.15) is 5.10 Å². The lowest BCUT2D eigenvalue weighted by molar-refractivity contribution is -0.140. The lowest BCUT2D eigenvalue weighted by atomic mass is 10.1. The molecule has 1 heterocycles. The molecule has 1 aromatic rings. The molecule has 1 saturated carbocycles. The number of nitrogens with zero attached hydrogens (tertiary/aromatic N) is 1. The van der Waals surface area contributed by atoms with Crippen LogP contribution in [0.5, 0.6) is 0 Å². The molecule has 0 radical (unpaired) electrons. The van der Waals surface area contributed by atoms with Crippen molar-refractivity contribution in [2.45, 2.75) is 20.4 Å². The van der Waals surface area contributed by atoms with Crippen LogP contribution in [0.1, 0.15) is 19.4 Å². The Balaban J connectivity index is 1.92. The summed E-state index contributed by atoms with van der Waals surface area (Å²) in [6.07, 6.45) is 3.31. The van der Waals surface area contributed by atoms with E-state index in [4.69, 9.17) is 5.11 Å². The van der Waals surface area contributed by atoms with Crippen LogP contribution in [0, 0.1) is 17.3 Å². The van der Waals surface area contributed by atoms with E-state index in [9.17, 15) is 9.59 Å². The fraction of sp³-hybridized carbons (Fsp3) is 0.545. The highest BCUT2D eigenvalue weighted by atomic mass is 16.4. The van der Waals surface area contributed by atoms with Crippen molar-refractivity contribution in [2.75, 3.05) is 0 Å². The molecule has 1 amide bonds. The van der Waals surface area contributed by atoms with Crippen molar-refractivity contribution in [3.63, 3.8) is 0 Å². The molecule has 3 N–H and O–H groups in total. The first-order chi connectivity index (χ1) is 7.94. The van der Waals surface area contributed by atoms with Crippen molar-refractivity contribution >= 4 is 11.9 Å². The van der Waals surface area contributed by atoms with Gasteiger partial charge in [-0.3, -0.25) is 14.7 Å². The van der Waals surface area contributed by atoms with Crippen LogP contribution in [-0.2, 0) is 16.1 Å². The van der Waals surface area contributed by atoms with Crippen LogP contribution in [0.3, 0.4) is 0 Å². The number of carboxylic acid groups (broad SMARTS) is 1. The number of aromatic nitrogens is 2. The molecule has 2 atom stereocenters. The molecule has 0 saturated heterocycles. The standard InChI is InChI=1S/C11H15N3O3/c1-11(2)7(8(11)10(16)17)9(15)12-3-6-4-13-14-5-6/h4-5,7-8H,3H2,1-2H3,(H,12,15)(H,13,14)(H,16,17). The van der Waals surface area contributed by atoms with Crippen molar-refractivity contribution in [1.82, 2.24) is 15.5 Å². The highest BCUT2D eigenvalue weighted by molar-refractivity contribution is 5.91. The number of H-pyrrole nitrogens is 1. The first kappa shape index (κ1) is 11.6. The van der Waals surface area contributed by atoms with E-state index in [0.717, 1.165) is 5.56 Å². The minimum Gasteiger partial charge on any atom is -0.481 e. The lowest BCUT2D eigenvalue weighted by Crippen LogP contribution is -2.26. The van der Waals surface area contributed by atoms with E-state index in [1.54, 1.807) is 26.2 Å². The predicted octanol–water partition coefficient (Wildman–Crippen LogP) is 0.383. The molecule has 6 nitrogen and oxygen atoms in total. The monoisotopic (exact) mass is 237 g/mol. The Morgan fingerprint density at radius 3 is 2.71 bits per heavy atom. The molecule has 0 bridgehead atoms. The second-order valence-electron chi connectivity index (χ2n) is 4.94. The van der Waals surface area contributed by atoms with Crippen LogP contribution >= 0.6 is 0 Å². The zero-order valence-corrected chi connectivity index (χ0v) is 9.73.